The summed E-state index contributed by atoms with van der Waals surface area (Å²) in [5.41, 5.74) is 2.54. The Labute approximate surface area is 195 Å². The van der Waals surface area contributed by atoms with Crippen molar-refractivity contribution in [3.8, 4) is 0 Å². The third-order valence-electron chi connectivity index (χ3n) is 5.46. The molecule has 0 N–H and O–H groups in total. The van der Waals surface area contributed by atoms with Gasteiger partial charge in [-0.3, -0.25) is 0 Å². The molecule has 0 spiro atoms. The second kappa shape index (κ2) is 10.3. The first-order chi connectivity index (χ1) is 15.7. The normalized spacial score (nSPS) is 19.0. The van der Waals surface area contributed by atoms with E-state index in [0.29, 0.717) is 0 Å². The van der Waals surface area contributed by atoms with Crippen LogP contribution in [-0.2, 0) is 29.1 Å². The Hall–Kier alpha value is -2.97. The number of esters is 2. The smallest absolute Gasteiger partial charge is 0.335 e. The molecule has 8 heteroatoms. The number of benzene rings is 2. The third kappa shape index (κ3) is 5.17. The van der Waals surface area contributed by atoms with Crippen LogP contribution >= 0.6 is 0 Å². The van der Waals surface area contributed by atoms with Gasteiger partial charge in [0.15, 0.2) is 6.04 Å². The van der Waals surface area contributed by atoms with E-state index in [1.807, 2.05) is 38.1 Å². The number of aryl methyl sites for hydroxylation is 2. The number of carbonyl (C=O) groups is 2. The minimum Gasteiger partial charge on any atom is -0.465 e. The van der Waals surface area contributed by atoms with Crippen molar-refractivity contribution in [2.45, 2.75) is 51.1 Å². The topological polar surface area (TPSA) is 90.0 Å². The largest absolute Gasteiger partial charge is 0.465 e. The van der Waals surface area contributed by atoms with Gasteiger partial charge in [0.2, 0.25) is 10.0 Å². The average molecular weight is 472 g/mol. The molecule has 0 saturated carbocycles. The maximum absolute atomic E-state index is 14.0. The van der Waals surface area contributed by atoms with E-state index in [9.17, 15) is 18.0 Å². The monoisotopic (exact) mass is 471 g/mol. The molecule has 1 aliphatic rings. The molecule has 7 nitrogen and oxygen atoms in total. The lowest BCUT2D eigenvalue weighted by Crippen LogP contribution is -2.52. The molecule has 0 bridgehead atoms. The summed E-state index contributed by atoms with van der Waals surface area (Å²) in [6.45, 7) is 7.18. The molecule has 176 valence electrons. The van der Waals surface area contributed by atoms with Crippen molar-refractivity contribution >= 4 is 22.0 Å². The van der Waals surface area contributed by atoms with E-state index in [1.165, 1.54) is 12.1 Å². The van der Waals surface area contributed by atoms with Gasteiger partial charge in [0.1, 0.15) is 0 Å². The van der Waals surface area contributed by atoms with Gasteiger partial charge in [0.05, 0.1) is 29.7 Å². The first-order valence-electron chi connectivity index (χ1n) is 10.9. The predicted octanol–water partition coefficient (Wildman–Crippen LogP) is 3.86. The Kier molecular flexibility index (Phi) is 7.71. The van der Waals surface area contributed by atoms with Gasteiger partial charge in [-0.25, -0.2) is 18.0 Å². The molecular formula is C25H29NO6S. The van der Waals surface area contributed by atoms with Gasteiger partial charge in [0.25, 0.3) is 0 Å². The second-order valence-corrected chi connectivity index (χ2v) is 9.69. The van der Waals surface area contributed by atoms with Gasteiger partial charge < -0.3 is 9.47 Å². The van der Waals surface area contributed by atoms with Gasteiger partial charge in [-0.1, -0.05) is 53.6 Å². The Morgan fingerprint density at radius 3 is 2.24 bits per heavy atom. The lowest BCUT2D eigenvalue weighted by molar-refractivity contribution is -0.150. The Morgan fingerprint density at radius 2 is 1.64 bits per heavy atom. The molecule has 3 rings (SSSR count). The molecule has 0 radical (unpaired) electrons. The fourth-order valence-electron chi connectivity index (χ4n) is 3.93. The van der Waals surface area contributed by atoms with Crippen LogP contribution in [0.25, 0.3) is 0 Å². The van der Waals surface area contributed by atoms with Crippen LogP contribution in [0.15, 0.2) is 65.1 Å². The van der Waals surface area contributed by atoms with Crippen LogP contribution < -0.4 is 0 Å². The molecule has 1 heterocycles. The lowest BCUT2D eigenvalue weighted by atomic mass is 9.92. The van der Waals surface area contributed by atoms with Crippen molar-refractivity contribution < 1.29 is 27.5 Å². The van der Waals surface area contributed by atoms with Crippen LogP contribution in [0, 0.1) is 13.8 Å². The first-order valence-corrected chi connectivity index (χ1v) is 12.3. The van der Waals surface area contributed by atoms with Crippen LogP contribution in [0.4, 0.5) is 0 Å². The summed E-state index contributed by atoms with van der Waals surface area (Å²) < 4.78 is 39.4. The Morgan fingerprint density at radius 1 is 0.970 bits per heavy atom. The van der Waals surface area contributed by atoms with E-state index in [1.54, 1.807) is 32.1 Å². The highest BCUT2D eigenvalue weighted by molar-refractivity contribution is 7.89. The van der Waals surface area contributed by atoms with E-state index >= 15 is 0 Å². The van der Waals surface area contributed by atoms with Crippen molar-refractivity contribution in [3.05, 3.63) is 76.9 Å². The van der Waals surface area contributed by atoms with Crippen LogP contribution in [-0.4, -0.2) is 43.9 Å². The van der Waals surface area contributed by atoms with Crippen molar-refractivity contribution in [3.63, 3.8) is 0 Å². The zero-order chi connectivity index (χ0) is 24.2. The molecule has 2 atom stereocenters. The number of rotatable bonds is 7. The molecule has 0 amide bonds. The van der Waals surface area contributed by atoms with Crippen molar-refractivity contribution in [2.24, 2.45) is 0 Å². The highest BCUT2D eigenvalue weighted by Gasteiger charge is 2.48. The standard InChI is InChI=1S/C25H29NO6S/c1-5-31-24(27)21-14-15-22(19-9-7-8-18(4)16-19)26(23(21)25(28)32-6-2)33(29,30)20-12-10-17(3)11-13-20/h7-14,16,22-23H,5-6,15H2,1-4H3/t22-,23+/m0/s1. The summed E-state index contributed by atoms with van der Waals surface area (Å²) in [7, 11) is -4.20. The quantitative estimate of drug-likeness (QED) is 0.570. The maximum Gasteiger partial charge on any atom is 0.335 e. The van der Waals surface area contributed by atoms with E-state index in [-0.39, 0.29) is 30.1 Å². The van der Waals surface area contributed by atoms with Crippen molar-refractivity contribution in [1.29, 1.82) is 0 Å². The molecule has 0 aromatic heterocycles. The molecule has 0 saturated heterocycles. The minimum atomic E-state index is -4.20. The molecule has 33 heavy (non-hydrogen) atoms. The molecular weight excluding hydrogens is 442 g/mol. The van der Waals surface area contributed by atoms with E-state index < -0.39 is 34.0 Å². The summed E-state index contributed by atoms with van der Waals surface area (Å²) in [4.78, 5) is 25.9. The molecule has 1 aliphatic heterocycles. The molecule has 0 unspecified atom stereocenters. The highest BCUT2D eigenvalue weighted by atomic mass is 32.2. The number of sulfonamides is 1. The Balaban J connectivity index is 2.24. The van der Waals surface area contributed by atoms with Gasteiger partial charge in [-0.05, 0) is 51.8 Å². The SMILES string of the molecule is CCOC(=O)C1=CC[C@@H](c2cccc(C)c2)N(S(=O)(=O)c2ccc(C)cc2)[C@H]1C(=O)OCC. The summed E-state index contributed by atoms with van der Waals surface area (Å²) >= 11 is 0. The number of nitrogens with zero attached hydrogens (tertiary/aromatic N) is 1. The molecule has 0 fully saturated rings. The average Bonchev–Trinajstić information content (AvgIpc) is 2.78. The predicted molar refractivity (Wildman–Crippen MR) is 124 cm³/mol. The highest BCUT2D eigenvalue weighted by Crippen LogP contribution is 2.39. The third-order valence-corrected chi connectivity index (χ3v) is 7.35. The first kappa shape index (κ1) is 24.7. The van der Waals surface area contributed by atoms with E-state index in [0.717, 1.165) is 21.0 Å². The van der Waals surface area contributed by atoms with Crippen LogP contribution in [0.2, 0.25) is 0 Å². The second-order valence-electron chi connectivity index (χ2n) is 7.85. The zero-order valence-corrected chi connectivity index (χ0v) is 20.1. The van der Waals surface area contributed by atoms with Crippen molar-refractivity contribution in [1.82, 2.24) is 4.31 Å². The zero-order valence-electron chi connectivity index (χ0n) is 19.3. The molecule has 0 aliphatic carbocycles. The number of hydrogen-bond donors (Lipinski definition) is 0. The van der Waals surface area contributed by atoms with Crippen molar-refractivity contribution in [2.75, 3.05) is 13.2 Å². The van der Waals surface area contributed by atoms with Crippen LogP contribution in [0.3, 0.4) is 0 Å². The van der Waals surface area contributed by atoms with Crippen LogP contribution in [0.5, 0.6) is 0 Å². The number of ether oxygens (including phenoxy) is 2. The number of carbonyl (C=O) groups excluding carboxylic acids is 2. The molecule has 2 aromatic carbocycles. The summed E-state index contributed by atoms with van der Waals surface area (Å²) in [5, 5.41) is 0. The van der Waals surface area contributed by atoms with Gasteiger partial charge in [-0.2, -0.15) is 4.31 Å². The fraction of sp³-hybridized carbons (Fsp3) is 0.360. The van der Waals surface area contributed by atoms with Gasteiger partial charge in [0, 0.05) is 0 Å². The van der Waals surface area contributed by atoms with Crippen LogP contribution in [0.1, 0.15) is 43.0 Å². The minimum absolute atomic E-state index is 0.0325. The van der Waals surface area contributed by atoms with Gasteiger partial charge >= 0.3 is 11.9 Å². The van der Waals surface area contributed by atoms with Gasteiger partial charge in [-0.15, -0.1) is 0 Å². The molecule has 2 aromatic rings. The summed E-state index contributed by atoms with van der Waals surface area (Å²) in [6.07, 6.45) is 1.80. The maximum atomic E-state index is 14.0. The summed E-state index contributed by atoms with van der Waals surface area (Å²) in [5.74, 6) is -1.55. The lowest BCUT2D eigenvalue weighted by Gasteiger charge is -2.39. The Bertz CT molecular complexity index is 1150. The van der Waals surface area contributed by atoms with E-state index in [4.69, 9.17) is 9.47 Å². The summed E-state index contributed by atoms with van der Waals surface area (Å²) in [6, 6.07) is 11.7. The fourth-order valence-corrected chi connectivity index (χ4v) is 5.67. The van der Waals surface area contributed by atoms with E-state index in [2.05, 4.69) is 0 Å². The number of hydrogen-bond acceptors (Lipinski definition) is 6.